The minimum atomic E-state index is -3.80. The van der Waals surface area contributed by atoms with Crippen LogP contribution in [0.5, 0.6) is 0 Å². The van der Waals surface area contributed by atoms with E-state index < -0.39 is 10.0 Å². The second-order valence-corrected chi connectivity index (χ2v) is 9.97. The van der Waals surface area contributed by atoms with Gasteiger partial charge in [-0.3, -0.25) is 0 Å². The maximum atomic E-state index is 13.2. The van der Waals surface area contributed by atoms with Crippen molar-refractivity contribution in [1.29, 1.82) is 5.26 Å². The van der Waals surface area contributed by atoms with E-state index in [9.17, 15) is 13.7 Å². The number of fused-ring (bicyclic) bond motifs is 1. The van der Waals surface area contributed by atoms with Gasteiger partial charge in [0.05, 0.1) is 35.0 Å². The van der Waals surface area contributed by atoms with Crippen molar-refractivity contribution >= 4 is 26.8 Å². The predicted molar refractivity (Wildman–Crippen MR) is 124 cm³/mol. The highest BCUT2D eigenvalue weighted by atomic mass is 32.2. The van der Waals surface area contributed by atoms with E-state index >= 15 is 0 Å². The normalized spacial score (nSPS) is 14.0. The van der Waals surface area contributed by atoms with Gasteiger partial charge >= 0.3 is 0 Å². The highest BCUT2D eigenvalue weighted by molar-refractivity contribution is 7.90. The minimum absolute atomic E-state index is 0.197. The van der Waals surface area contributed by atoms with Crippen LogP contribution in [0.4, 0.5) is 0 Å². The summed E-state index contributed by atoms with van der Waals surface area (Å²) in [6.07, 6.45) is 11.0. The Morgan fingerprint density at radius 1 is 1.12 bits per heavy atom. The van der Waals surface area contributed by atoms with Gasteiger partial charge in [0.1, 0.15) is 6.33 Å². The van der Waals surface area contributed by atoms with Crippen LogP contribution in [0.25, 0.3) is 28.0 Å². The summed E-state index contributed by atoms with van der Waals surface area (Å²) in [4.78, 5) is 8.88. The number of aryl methyl sites for hydroxylation is 1. The van der Waals surface area contributed by atoms with E-state index in [1.165, 1.54) is 22.1 Å². The highest BCUT2D eigenvalue weighted by Crippen LogP contribution is 2.32. The number of rotatable bonds is 5. The first kappa shape index (κ1) is 21.1. The van der Waals surface area contributed by atoms with E-state index in [2.05, 4.69) is 21.1 Å². The molecule has 4 aromatic rings. The molecule has 166 valence electrons. The molecule has 0 radical (unpaired) electrons. The lowest BCUT2D eigenvalue weighted by atomic mass is 10.1. The lowest BCUT2D eigenvalue weighted by molar-refractivity contribution is 0.588. The molecule has 0 unspecified atom stereocenters. The molecule has 0 bridgehead atoms. The smallest absolute Gasteiger partial charge is 0.243 e. The molecule has 3 heterocycles. The molecule has 0 N–H and O–H groups in total. The number of allylic oxidation sites excluding steroid dienone is 2. The monoisotopic (exact) mass is 458 g/mol. The summed E-state index contributed by atoms with van der Waals surface area (Å²) in [5.74, 6) is 0. The van der Waals surface area contributed by atoms with Crippen molar-refractivity contribution in [3.63, 3.8) is 0 Å². The van der Waals surface area contributed by atoms with Crippen LogP contribution in [0, 0.1) is 18.3 Å². The Morgan fingerprint density at radius 2 is 1.88 bits per heavy atom. The first-order valence-electron chi connectivity index (χ1n) is 10.8. The van der Waals surface area contributed by atoms with Gasteiger partial charge in [-0.25, -0.2) is 27.0 Å². The van der Waals surface area contributed by atoms with Crippen molar-refractivity contribution in [2.45, 2.75) is 43.9 Å². The Morgan fingerprint density at radius 3 is 2.61 bits per heavy atom. The molecule has 5 rings (SSSR count). The molecule has 8 nitrogen and oxygen atoms in total. The van der Waals surface area contributed by atoms with Crippen molar-refractivity contribution in [1.82, 2.24) is 23.7 Å². The molecule has 33 heavy (non-hydrogen) atoms. The van der Waals surface area contributed by atoms with Crippen molar-refractivity contribution in [2.75, 3.05) is 0 Å². The van der Waals surface area contributed by atoms with Gasteiger partial charge in [-0.1, -0.05) is 17.7 Å². The second-order valence-electron chi connectivity index (χ2n) is 8.16. The van der Waals surface area contributed by atoms with Crippen molar-refractivity contribution in [3.05, 3.63) is 66.4 Å². The molecule has 1 aromatic carbocycles. The van der Waals surface area contributed by atoms with Crippen molar-refractivity contribution < 1.29 is 8.42 Å². The van der Waals surface area contributed by atoms with Gasteiger partial charge in [0.15, 0.2) is 5.65 Å². The second kappa shape index (κ2) is 8.30. The standard InChI is InChI=1S/C24H22N6O2S/c1-17-6-8-20(9-7-17)33(31,32)30-13-11-21-23(26-16-27-24(21)30)19-14-28-29(15-19)22(10-12-25)18-4-2-3-5-18/h6-9,11,13-16H,2-5,10H2,1H3. The number of nitrogens with zero attached hydrogens (tertiary/aromatic N) is 6. The van der Waals surface area contributed by atoms with Gasteiger partial charge in [0, 0.05) is 23.3 Å². The number of benzene rings is 1. The largest absolute Gasteiger partial charge is 0.269 e. The third kappa shape index (κ3) is 3.72. The Labute approximate surface area is 191 Å². The summed E-state index contributed by atoms with van der Waals surface area (Å²) in [6, 6.07) is 10.7. The SMILES string of the molecule is Cc1ccc(S(=O)(=O)n2ccc3c(-c4cnn(C(CC#N)=C5CCCC5)c4)ncnc32)cc1. The van der Waals surface area contributed by atoms with Gasteiger partial charge in [0.2, 0.25) is 0 Å². The topological polar surface area (TPSA) is 106 Å². The first-order valence-corrected chi connectivity index (χ1v) is 12.2. The summed E-state index contributed by atoms with van der Waals surface area (Å²) < 4.78 is 29.4. The fourth-order valence-corrected chi connectivity index (χ4v) is 5.60. The van der Waals surface area contributed by atoms with E-state index in [0.29, 0.717) is 23.1 Å². The van der Waals surface area contributed by atoms with Crippen LogP contribution >= 0.6 is 0 Å². The average molecular weight is 459 g/mol. The van der Waals surface area contributed by atoms with Gasteiger partial charge in [-0.15, -0.1) is 0 Å². The summed E-state index contributed by atoms with van der Waals surface area (Å²) in [7, 11) is -3.80. The van der Waals surface area contributed by atoms with Crippen LogP contribution in [0.3, 0.4) is 0 Å². The number of hydrogen-bond donors (Lipinski definition) is 0. The Kier molecular flexibility index (Phi) is 5.30. The molecule has 0 atom stereocenters. The van der Waals surface area contributed by atoms with Crippen molar-refractivity contribution in [2.24, 2.45) is 0 Å². The maximum Gasteiger partial charge on any atom is 0.269 e. The summed E-state index contributed by atoms with van der Waals surface area (Å²) in [5.41, 5.74) is 4.82. The predicted octanol–water partition coefficient (Wildman–Crippen LogP) is 4.54. The lowest BCUT2D eigenvalue weighted by Gasteiger charge is -2.08. The Hall–Kier alpha value is -3.77. The van der Waals surface area contributed by atoms with Crippen LogP contribution in [-0.4, -0.2) is 32.1 Å². The molecule has 1 aliphatic rings. The van der Waals surface area contributed by atoms with E-state index in [1.807, 2.05) is 13.1 Å². The summed E-state index contributed by atoms with van der Waals surface area (Å²) in [6.45, 7) is 1.91. The zero-order valence-electron chi connectivity index (χ0n) is 18.1. The lowest BCUT2D eigenvalue weighted by Crippen LogP contribution is -2.12. The van der Waals surface area contributed by atoms with E-state index in [4.69, 9.17) is 0 Å². The molecular weight excluding hydrogens is 436 g/mol. The summed E-state index contributed by atoms with van der Waals surface area (Å²) >= 11 is 0. The quantitative estimate of drug-likeness (QED) is 0.435. The van der Waals surface area contributed by atoms with Gasteiger partial charge < -0.3 is 0 Å². The van der Waals surface area contributed by atoms with Crippen LogP contribution in [-0.2, 0) is 10.0 Å². The molecule has 0 amide bonds. The van der Waals surface area contributed by atoms with Gasteiger partial charge in [0.25, 0.3) is 10.0 Å². The fourth-order valence-electron chi connectivity index (χ4n) is 4.30. The Balaban J connectivity index is 1.58. The third-order valence-electron chi connectivity index (χ3n) is 6.02. The molecule has 0 aliphatic heterocycles. The van der Waals surface area contributed by atoms with Gasteiger partial charge in [-0.05, 0) is 56.4 Å². The molecule has 1 aliphatic carbocycles. The van der Waals surface area contributed by atoms with Crippen LogP contribution < -0.4 is 0 Å². The van der Waals surface area contributed by atoms with Gasteiger partial charge in [-0.2, -0.15) is 10.4 Å². The maximum absolute atomic E-state index is 13.2. The zero-order chi connectivity index (χ0) is 23.0. The Bertz CT molecular complexity index is 1510. The van der Waals surface area contributed by atoms with E-state index in [-0.39, 0.29) is 4.90 Å². The molecule has 3 aromatic heterocycles. The fraction of sp³-hybridized carbons (Fsp3) is 0.250. The van der Waals surface area contributed by atoms with E-state index in [0.717, 1.165) is 42.5 Å². The number of aromatic nitrogens is 5. The number of nitriles is 1. The third-order valence-corrected chi connectivity index (χ3v) is 7.70. The van der Waals surface area contributed by atoms with Crippen LogP contribution in [0.15, 0.2) is 65.7 Å². The van der Waals surface area contributed by atoms with Crippen molar-refractivity contribution in [3.8, 4) is 17.3 Å². The van der Waals surface area contributed by atoms with Crippen LogP contribution in [0.1, 0.15) is 37.7 Å². The zero-order valence-corrected chi connectivity index (χ0v) is 19.0. The molecule has 1 saturated carbocycles. The molecule has 9 heteroatoms. The molecule has 1 fully saturated rings. The number of hydrogen-bond acceptors (Lipinski definition) is 6. The first-order chi connectivity index (χ1) is 16.0. The average Bonchev–Trinajstić information content (AvgIpc) is 3.58. The molecule has 0 saturated heterocycles. The van der Waals surface area contributed by atoms with Crippen LogP contribution in [0.2, 0.25) is 0 Å². The highest BCUT2D eigenvalue weighted by Gasteiger charge is 2.22. The van der Waals surface area contributed by atoms with E-state index in [1.54, 1.807) is 41.2 Å². The molecule has 0 spiro atoms. The summed E-state index contributed by atoms with van der Waals surface area (Å²) in [5, 5.41) is 14.4. The molecular formula is C24H22N6O2S. The minimum Gasteiger partial charge on any atom is -0.243 e.